The Bertz CT molecular complexity index is 829. The molecule has 2 N–H and O–H groups in total. The van der Waals surface area contributed by atoms with Crippen LogP contribution in [0.25, 0.3) is 0 Å². The quantitative estimate of drug-likeness (QED) is 0.572. The van der Waals surface area contributed by atoms with Gasteiger partial charge in [0.1, 0.15) is 5.75 Å². The molecular weight excluding hydrogens is 350 g/mol. The standard InChI is InChI=1S/C19H25N3O3S/c1-20-19(21-13-12-15-4-8-17(25-2)9-5-15)22-14-16-6-10-18(11-7-16)26(3,23)24/h4-11H,12-14H2,1-3H3,(H2,20,21,22). The molecular formula is C19H25N3O3S. The minimum atomic E-state index is -3.16. The molecule has 2 rings (SSSR count). The molecule has 0 saturated carbocycles. The van der Waals surface area contributed by atoms with Crippen LogP contribution < -0.4 is 15.4 Å². The van der Waals surface area contributed by atoms with E-state index in [-0.39, 0.29) is 0 Å². The third-order valence-electron chi connectivity index (χ3n) is 3.90. The number of methoxy groups -OCH3 is 1. The van der Waals surface area contributed by atoms with Gasteiger partial charge in [-0.3, -0.25) is 4.99 Å². The average molecular weight is 375 g/mol. The monoisotopic (exact) mass is 375 g/mol. The number of rotatable bonds is 7. The lowest BCUT2D eigenvalue weighted by Crippen LogP contribution is -2.37. The Morgan fingerprint density at radius 3 is 2.15 bits per heavy atom. The lowest BCUT2D eigenvalue weighted by molar-refractivity contribution is 0.414. The molecule has 6 nitrogen and oxygen atoms in total. The van der Waals surface area contributed by atoms with Crippen LogP contribution >= 0.6 is 0 Å². The first-order chi connectivity index (χ1) is 12.4. The molecule has 2 aromatic carbocycles. The summed E-state index contributed by atoms with van der Waals surface area (Å²) in [5.41, 5.74) is 2.20. The van der Waals surface area contributed by atoms with Gasteiger partial charge in [0.05, 0.1) is 12.0 Å². The molecule has 0 amide bonds. The van der Waals surface area contributed by atoms with Crippen molar-refractivity contribution in [1.82, 2.24) is 10.6 Å². The van der Waals surface area contributed by atoms with Gasteiger partial charge in [0.15, 0.2) is 15.8 Å². The minimum absolute atomic E-state index is 0.322. The first kappa shape index (κ1) is 19.8. The number of nitrogens with one attached hydrogen (secondary N) is 2. The van der Waals surface area contributed by atoms with Crippen LogP contribution in [0.3, 0.4) is 0 Å². The summed E-state index contributed by atoms with van der Waals surface area (Å²) in [5.74, 6) is 1.55. The van der Waals surface area contributed by atoms with Crippen LogP contribution in [0.4, 0.5) is 0 Å². The Hall–Kier alpha value is -2.54. The fraction of sp³-hybridized carbons (Fsp3) is 0.316. The second-order valence-corrected chi connectivity index (χ2v) is 7.88. The molecule has 140 valence electrons. The summed E-state index contributed by atoms with van der Waals surface area (Å²) < 4.78 is 28.1. The maximum atomic E-state index is 11.5. The van der Waals surface area contributed by atoms with Gasteiger partial charge in [0, 0.05) is 26.4 Å². The van der Waals surface area contributed by atoms with Crippen molar-refractivity contribution in [1.29, 1.82) is 0 Å². The highest BCUT2D eigenvalue weighted by molar-refractivity contribution is 7.90. The van der Waals surface area contributed by atoms with E-state index in [0.29, 0.717) is 17.4 Å². The van der Waals surface area contributed by atoms with E-state index >= 15 is 0 Å². The van der Waals surface area contributed by atoms with Crippen LogP contribution in [-0.4, -0.2) is 41.3 Å². The molecule has 0 radical (unpaired) electrons. The molecule has 0 unspecified atom stereocenters. The molecule has 0 aliphatic heterocycles. The van der Waals surface area contributed by atoms with Crippen LogP contribution in [0.5, 0.6) is 5.75 Å². The van der Waals surface area contributed by atoms with Crippen molar-refractivity contribution < 1.29 is 13.2 Å². The molecule has 0 fully saturated rings. The summed E-state index contributed by atoms with van der Waals surface area (Å²) in [5, 5.41) is 6.48. The number of nitrogens with zero attached hydrogens (tertiary/aromatic N) is 1. The van der Waals surface area contributed by atoms with Crippen LogP contribution in [0.1, 0.15) is 11.1 Å². The SMILES string of the molecule is CN=C(NCCc1ccc(OC)cc1)NCc1ccc(S(C)(=O)=O)cc1. The maximum Gasteiger partial charge on any atom is 0.191 e. The zero-order valence-electron chi connectivity index (χ0n) is 15.3. The Kier molecular flexibility index (Phi) is 7.03. The van der Waals surface area contributed by atoms with E-state index in [1.165, 1.54) is 11.8 Å². The zero-order valence-corrected chi connectivity index (χ0v) is 16.1. The van der Waals surface area contributed by atoms with Crippen LogP contribution in [0, 0.1) is 0 Å². The van der Waals surface area contributed by atoms with E-state index in [9.17, 15) is 8.42 Å². The van der Waals surface area contributed by atoms with Crippen molar-refractivity contribution >= 4 is 15.8 Å². The highest BCUT2D eigenvalue weighted by Crippen LogP contribution is 2.11. The van der Waals surface area contributed by atoms with E-state index in [0.717, 1.165) is 24.3 Å². The third-order valence-corrected chi connectivity index (χ3v) is 5.03. The molecule has 0 heterocycles. The lowest BCUT2D eigenvalue weighted by atomic mass is 10.1. The zero-order chi connectivity index (χ0) is 19.0. The van der Waals surface area contributed by atoms with Gasteiger partial charge in [0.2, 0.25) is 0 Å². The van der Waals surface area contributed by atoms with Gasteiger partial charge in [-0.1, -0.05) is 24.3 Å². The number of hydrogen-bond acceptors (Lipinski definition) is 4. The second kappa shape index (κ2) is 9.24. The molecule has 0 aliphatic rings. The molecule has 0 spiro atoms. The second-order valence-electron chi connectivity index (χ2n) is 5.87. The maximum absolute atomic E-state index is 11.5. The van der Waals surface area contributed by atoms with Gasteiger partial charge in [-0.15, -0.1) is 0 Å². The predicted octanol–water partition coefficient (Wildman–Crippen LogP) is 2.01. The first-order valence-electron chi connectivity index (χ1n) is 8.29. The molecule has 0 aromatic heterocycles. The predicted molar refractivity (Wildman–Crippen MR) is 104 cm³/mol. The van der Waals surface area contributed by atoms with Crippen molar-refractivity contribution in [2.45, 2.75) is 17.9 Å². The summed E-state index contributed by atoms with van der Waals surface area (Å²) in [6.07, 6.45) is 2.07. The molecule has 2 aromatic rings. The molecule has 7 heteroatoms. The van der Waals surface area contributed by atoms with Crippen LogP contribution in [0.15, 0.2) is 58.4 Å². The smallest absolute Gasteiger partial charge is 0.191 e. The third kappa shape index (κ3) is 6.07. The molecule has 0 atom stereocenters. The van der Waals surface area contributed by atoms with Crippen molar-refractivity contribution in [3.8, 4) is 5.75 Å². The van der Waals surface area contributed by atoms with Crippen LogP contribution in [-0.2, 0) is 22.8 Å². The van der Waals surface area contributed by atoms with Gasteiger partial charge < -0.3 is 15.4 Å². The fourth-order valence-corrected chi connectivity index (χ4v) is 3.01. The summed E-state index contributed by atoms with van der Waals surface area (Å²) in [6, 6.07) is 14.8. The first-order valence-corrected chi connectivity index (χ1v) is 10.2. The number of sulfone groups is 1. The summed E-state index contributed by atoms with van der Waals surface area (Å²) in [4.78, 5) is 4.52. The number of guanidine groups is 1. The number of benzene rings is 2. The Balaban J connectivity index is 1.80. The Labute approximate surface area is 155 Å². The van der Waals surface area contributed by atoms with E-state index < -0.39 is 9.84 Å². The minimum Gasteiger partial charge on any atom is -0.497 e. The normalized spacial score (nSPS) is 11.9. The van der Waals surface area contributed by atoms with E-state index in [4.69, 9.17) is 4.74 Å². The van der Waals surface area contributed by atoms with Gasteiger partial charge in [-0.05, 0) is 41.8 Å². The Morgan fingerprint density at radius 2 is 1.62 bits per heavy atom. The average Bonchev–Trinajstić information content (AvgIpc) is 2.64. The lowest BCUT2D eigenvalue weighted by Gasteiger charge is -2.12. The highest BCUT2D eigenvalue weighted by Gasteiger charge is 2.06. The van der Waals surface area contributed by atoms with Crippen molar-refractivity contribution in [2.75, 3.05) is 27.0 Å². The number of ether oxygens (including phenoxy) is 1. The number of aliphatic imine (C=N–C) groups is 1. The van der Waals surface area contributed by atoms with E-state index in [1.54, 1.807) is 38.4 Å². The highest BCUT2D eigenvalue weighted by atomic mass is 32.2. The molecule has 26 heavy (non-hydrogen) atoms. The summed E-state index contributed by atoms with van der Waals surface area (Å²) in [6.45, 7) is 1.31. The molecule has 0 bridgehead atoms. The Morgan fingerprint density at radius 1 is 1.00 bits per heavy atom. The van der Waals surface area contributed by atoms with Gasteiger partial charge in [-0.25, -0.2) is 8.42 Å². The largest absolute Gasteiger partial charge is 0.497 e. The van der Waals surface area contributed by atoms with Crippen molar-refractivity contribution in [2.24, 2.45) is 4.99 Å². The van der Waals surface area contributed by atoms with Gasteiger partial charge >= 0.3 is 0 Å². The van der Waals surface area contributed by atoms with E-state index in [2.05, 4.69) is 15.6 Å². The van der Waals surface area contributed by atoms with Crippen molar-refractivity contribution in [3.05, 3.63) is 59.7 Å². The van der Waals surface area contributed by atoms with Crippen LogP contribution in [0.2, 0.25) is 0 Å². The van der Waals surface area contributed by atoms with Gasteiger partial charge in [-0.2, -0.15) is 0 Å². The summed E-state index contributed by atoms with van der Waals surface area (Å²) >= 11 is 0. The number of hydrogen-bond donors (Lipinski definition) is 2. The van der Waals surface area contributed by atoms with Gasteiger partial charge in [0.25, 0.3) is 0 Å². The molecule has 0 saturated heterocycles. The fourth-order valence-electron chi connectivity index (χ4n) is 2.38. The summed E-state index contributed by atoms with van der Waals surface area (Å²) in [7, 11) is 0.209. The topological polar surface area (TPSA) is 79.8 Å². The molecule has 0 aliphatic carbocycles. The van der Waals surface area contributed by atoms with E-state index in [1.807, 2.05) is 24.3 Å². The van der Waals surface area contributed by atoms with Crippen molar-refractivity contribution in [3.63, 3.8) is 0 Å².